The van der Waals surface area contributed by atoms with Crippen LogP contribution in [0.2, 0.25) is 0 Å². The SMILES string of the molecule is C#CCCN(C)c1cc(C)ncc1C(=O)O. The van der Waals surface area contributed by atoms with Gasteiger partial charge in [0.15, 0.2) is 0 Å². The Hall–Kier alpha value is -2.02. The highest BCUT2D eigenvalue weighted by atomic mass is 16.4. The number of terminal acetylenes is 1. The third-order valence-corrected chi connectivity index (χ3v) is 2.25. The van der Waals surface area contributed by atoms with Gasteiger partial charge in [-0.15, -0.1) is 12.3 Å². The van der Waals surface area contributed by atoms with E-state index >= 15 is 0 Å². The zero-order valence-electron chi connectivity index (χ0n) is 9.40. The summed E-state index contributed by atoms with van der Waals surface area (Å²) in [6.07, 6.45) is 7.13. The van der Waals surface area contributed by atoms with Crippen LogP contribution in [0.4, 0.5) is 5.69 Å². The summed E-state index contributed by atoms with van der Waals surface area (Å²) in [7, 11) is 1.82. The molecule has 16 heavy (non-hydrogen) atoms. The van der Waals surface area contributed by atoms with Crippen LogP contribution >= 0.6 is 0 Å². The van der Waals surface area contributed by atoms with Crippen LogP contribution in [-0.4, -0.2) is 29.7 Å². The van der Waals surface area contributed by atoms with Gasteiger partial charge < -0.3 is 10.0 Å². The number of aromatic carboxylic acids is 1. The van der Waals surface area contributed by atoms with Crippen molar-refractivity contribution in [2.75, 3.05) is 18.5 Å². The molecule has 1 rings (SSSR count). The summed E-state index contributed by atoms with van der Waals surface area (Å²) in [6.45, 7) is 2.45. The molecule has 1 N–H and O–H groups in total. The maximum atomic E-state index is 11.0. The quantitative estimate of drug-likeness (QED) is 0.779. The van der Waals surface area contributed by atoms with Gasteiger partial charge >= 0.3 is 5.97 Å². The molecular weight excluding hydrogens is 204 g/mol. The zero-order chi connectivity index (χ0) is 12.1. The number of pyridine rings is 1. The average molecular weight is 218 g/mol. The largest absolute Gasteiger partial charge is 0.478 e. The number of aryl methyl sites for hydroxylation is 1. The Morgan fingerprint density at radius 3 is 2.94 bits per heavy atom. The molecule has 0 spiro atoms. The first kappa shape index (κ1) is 12.1. The Labute approximate surface area is 94.9 Å². The van der Waals surface area contributed by atoms with Crippen molar-refractivity contribution in [3.05, 3.63) is 23.5 Å². The Balaban J connectivity index is 3.05. The van der Waals surface area contributed by atoms with Gasteiger partial charge in [-0.25, -0.2) is 4.79 Å². The highest BCUT2D eigenvalue weighted by molar-refractivity contribution is 5.94. The van der Waals surface area contributed by atoms with Crippen molar-refractivity contribution < 1.29 is 9.90 Å². The van der Waals surface area contributed by atoms with E-state index in [1.807, 2.05) is 18.9 Å². The minimum atomic E-state index is -0.977. The van der Waals surface area contributed by atoms with E-state index in [0.717, 1.165) is 5.69 Å². The molecule has 4 heteroatoms. The minimum Gasteiger partial charge on any atom is -0.478 e. The highest BCUT2D eigenvalue weighted by Gasteiger charge is 2.13. The molecule has 0 radical (unpaired) electrons. The number of hydrogen-bond donors (Lipinski definition) is 1. The van der Waals surface area contributed by atoms with Crippen LogP contribution < -0.4 is 4.90 Å². The number of carbonyl (C=O) groups is 1. The standard InChI is InChI=1S/C12H14N2O2/c1-4-5-6-14(3)11-7-9(2)13-8-10(11)12(15)16/h1,7-8H,5-6H2,2-3H3,(H,15,16). The Morgan fingerprint density at radius 1 is 1.69 bits per heavy atom. The van der Waals surface area contributed by atoms with Crippen molar-refractivity contribution in [3.8, 4) is 12.3 Å². The molecule has 1 heterocycles. The maximum absolute atomic E-state index is 11.0. The van der Waals surface area contributed by atoms with E-state index in [1.54, 1.807) is 6.07 Å². The minimum absolute atomic E-state index is 0.199. The van der Waals surface area contributed by atoms with Crippen LogP contribution in [0, 0.1) is 19.3 Å². The Morgan fingerprint density at radius 2 is 2.38 bits per heavy atom. The van der Waals surface area contributed by atoms with Crippen LogP contribution in [-0.2, 0) is 0 Å². The molecule has 0 amide bonds. The smallest absolute Gasteiger partial charge is 0.339 e. The topological polar surface area (TPSA) is 53.4 Å². The lowest BCUT2D eigenvalue weighted by Crippen LogP contribution is -2.21. The predicted molar refractivity (Wildman–Crippen MR) is 62.7 cm³/mol. The second-order valence-corrected chi connectivity index (χ2v) is 3.52. The molecule has 0 aliphatic carbocycles. The van der Waals surface area contributed by atoms with Crippen molar-refractivity contribution in [2.24, 2.45) is 0 Å². The summed E-state index contributed by atoms with van der Waals surface area (Å²) in [4.78, 5) is 16.8. The van der Waals surface area contributed by atoms with Gasteiger partial charge in [-0.3, -0.25) is 4.98 Å². The van der Waals surface area contributed by atoms with Gasteiger partial charge in [0.1, 0.15) is 5.56 Å². The van der Waals surface area contributed by atoms with Crippen molar-refractivity contribution >= 4 is 11.7 Å². The maximum Gasteiger partial charge on any atom is 0.339 e. The third-order valence-electron chi connectivity index (χ3n) is 2.25. The molecule has 84 valence electrons. The van der Waals surface area contributed by atoms with Gasteiger partial charge in [-0.1, -0.05) is 0 Å². The first-order valence-corrected chi connectivity index (χ1v) is 4.90. The highest BCUT2D eigenvalue weighted by Crippen LogP contribution is 2.19. The number of rotatable bonds is 4. The molecule has 4 nitrogen and oxygen atoms in total. The van der Waals surface area contributed by atoms with E-state index in [-0.39, 0.29) is 5.56 Å². The summed E-state index contributed by atoms with van der Waals surface area (Å²) in [5, 5.41) is 9.02. The van der Waals surface area contributed by atoms with E-state index in [9.17, 15) is 4.79 Å². The summed E-state index contributed by atoms with van der Waals surface area (Å²) in [5.74, 6) is 1.55. The zero-order valence-corrected chi connectivity index (χ0v) is 9.40. The number of hydrogen-bond acceptors (Lipinski definition) is 3. The summed E-state index contributed by atoms with van der Waals surface area (Å²) in [5.41, 5.74) is 1.63. The van der Waals surface area contributed by atoms with Crippen LogP contribution in [0.3, 0.4) is 0 Å². The number of carboxylic acid groups (broad SMARTS) is 1. The molecule has 0 aliphatic heterocycles. The van der Waals surface area contributed by atoms with Gasteiger partial charge in [0.25, 0.3) is 0 Å². The molecule has 0 saturated carbocycles. The van der Waals surface area contributed by atoms with Gasteiger partial charge in [-0.2, -0.15) is 0 Å². The molecule has 0 fully saturated rings. The first-order chi connectivity index (χ1) is 7.56. The summed E-state index contributed by atoms with van der Waals surface area (Å²) in [6, 6.07) is 1.75. The van der Waals surface area contributed by atoms with Crippen LogP contribution in [0.5, 0.6) is 0 Å². The fourth-order valence-electron chi connectivity index (χ4n) is 1.38. The molecule has 0 saturated heterocycles. The van der Waals surface area contributed by atoms with Crippen LogP contribution in [0.1, 0.15) is 22.5 Å². The van der Waals surface area contributed by atoms with Gasteiger partial charge in [0.05, 0.1) is 5.69 Å². The molecule has 0 bridgehead atoms. The number of carboxylic acids is 1. The molecule has 0 aromatic carbocycles. The van der Waals surface area contributed by atoms with Crippen molar-refractivity contribution in [1.29, 1.82) is 0 Å². The summed E-state index contributed by atoms with van der Waals surface area (Å²) < 4.78 is 0. The number of nitrogens with zero attached hydrogens (tertiary/aromatic N) is 2. The third kappa shape index (κ3) is 2.74. The first-order valence-electron chi connectivity index (χ1n) is 4.90. The van der Waals surface area contributed by atoms with E-state index in [1.165, 1.54) is 6.20 Å². The molecule has 1 aromatic rings. The van der Waals surface area contributed by atoms with E-state index < -0.39 is 5.97 Å². The fourth-order valence-corrected chi connectivity index (χ4v) is 1.38. The van der Waals surface area contributed by atoms with Crippen molar-refractivity contribution in [2.45, 2.75) is 13.3 Å². The second-order valence-electron chi connectivity index (χ2n) is 3.52. The number of aromatic nitrogens is 1. The van der Waals surface area contributed by atoms with Crippen molar-refractivity contribution in [3.63, 3.8) is 0 Å². The van der Waals surface area contributed by atoms with Gasteiger partial charge in [0.2, 0.25) is 0 Å². The molecule has 0 aliphatic rings. The monoisotopic (exact) mass is 218 g/mol. The van der Waals surface area contributed by atoms with E-state index in [4.69, 9.17) is 11.5 Å². The Bertz CT molecular complexity index is 435. The lowest BCUT2D eigenvalue weighted by Gasteiger charge is -2.20. The van der Waals surface area contributed by atoms with Crippen LogP contribution in [0.15, 0.2) is 12.3 Å². The second kappa shape index (κ2) is 5.17. The number of anilines is 1. The van der Waals surface area contributed by atoms with Crippen LogP contribution in [0.25, 0.3) is 0 Å². The predicted octanol–water partition coefficient (Wildman–Crippen LogP) is 1.55. The average Bonchev–Trinajstić information content (AvgIpc) is 2.25. The lowest BCUT2D eigenvalue weighted by molar-refractivity contribution is 0.0697. The molecular formula is C12H14N2O2. The fraction of sp³-hybridized carbons (Fsp3) is 0.333. The molecule has 0 atom stereocenters. The summed E-state index contributed by atoms with van der Waals surface area (Å²) >= 11 is 0. The van der Waals surface area contributed by atoms with Gasteiger partial charge in [0, 0.05) is 31.9 Å². The van der Waals surface area contributed by atoms with E-state index in [2.05, 4.69) is 10.9 Å². The lowest BCUT2D eigenvalue weighted by atomic mass is 10.2. The van der Waals surface area contributed by atoms with Gasteiger partial charge in [-0.05, 0) is 13.0 Å². The van der Waals surface area contributed by atoms with Crippen molar-refractivity contribution in [1.82, 2.24) is 4.98 Å². The normalized spacial score (nSPS) is 9.56. The van der Waals surface area contributed by atoms with E-state index in [0.29, 0.717) is 18.7 Å². The molecule has 1 aromatic heterocycles. The molecule has 0 unspecified atom stereocenters. The Kier molecular flexibility index (Phi) is 3.90.